The standard InChI is InChI=1S/C23H32N4O5S2/c1-22(2,3)32-21(29)26-12-23(13-26)9-10-27(14-23)34(30,31)15-7-8-17-19(11-15)33-20(25-17)24-16-5-4-6-18(16)28/h7-8,11,16,18,28H,4-6,9-10,12-14H2,1-3H3,(H,24,25)/t16-,18+/m0/s1. The van der Waals surface area contributed by atoms with E-state index >= 15 is 0 Å². The van der Waals surface area contributed by atoms with Crippen LogP contribution in [0.15, 0.2) is 23.1 Å². The number of nitrogens with one attached hydrogen (secondary N) is 1. The highest BCUT2D eigenvalue weighted by Crippen LogP contribution is 2.42. The number of aromatic nitrogens is 1. The van der Waals surface area contributed by atoms with Crippen molar-refractivity contribution >= 4 is 42.8 Å². The van der Waals surface area contributed by atoms with E-state index in [0.29, 0.717) is 31.3 Å². The molecule has 1 aromatic carbocycles. The molecule has 9 nitrogen and oxygen atoms in total. The Hall–Kier alpha value is -1.95. The number of carbonyl (C=O) groups is 1. The number of nitrogens with zero attached hydrogens (tertiary/aromatic N) is 3. The maximum atomic E-state index is 13.4. The van der Waals surface area contributed by atoms with E-state index in [1.165, 1.54) is 15.6 Å². The van der Waals surface area contributed by atoms with Crippen molar-refractivity contribution in [3.63, 3.8) is 0 Å². The van der Waals surface area contributed by atoms with Gasteiger partial charge >= 0.3 is 6.09 Å². The van der Waals surface area contributed by atoms with Gasteiger partial charge in [0, 0.05) is 31.6 Å². The number of hydrogen-bond acceptors (Lipinski definition) is 8. The van der Waals surface area contributed by atoms with Crippen LogP contribution in [-0.2, 0) is 14.8 Å². The average Bonchev–Trinajstić information content (AvgIpc) is 3.43. The summed E-state index contributed by atoms with van der Waals surface area (Å²) in [6, 6.07) is 5.04. The maximum Gasteiger partial charge on any atom is 0.410 e. The van der Waals surface area contributed by atoms with Gasteiger partial charge in [0.15, 0.2) is 5.13 Å². The SMILES string of the molecule is CC(C)(C)OC(=O)N1CC2(CCN(S(=O)(=O)c3ccc4nc(N[C@H]5CCC[C@H]5O)sc4c3)C2)C1. The van der Waals surface area contributed by atoms with E-state index < -0.39 is 15.6 Å². The Balaban J connectivity index is 1.26. The van der Waals surface area contributed by atoms with Gasteiger partial charge in [-0.2, -0.15) is 4.31 Å². The van der Waals surface area contributed by atoms with Crippen molar-refractivity contribution in [1.29, 1.82) is 0 Å². The summed E-state index contributed by atoms with van der Waals surface area (Å²) in [5.74, 6) is 0. The van der Waals surface area contributed by atoms with Crippen LogP contribution in [0, 0.1) is 5.41 Å². The molecular weight excluding hydrogens is 476 g/mol. The minimum absolute atomic E-state index is 0.00715. The molecule has 2 aromatic rings. The number of hydrogen-bond donors (Lipinski definition) is 2. The molecule has 34 heavy (non-hydrogen) atoms. The maximum absolute atomic E-state index is 13.4. The third kappa shape index (κ3) is 4.50. The Kier molecular flexibility index (Phi) is 5.82. The number of fused-ring (bicyclic) bond motifs is 1. The smallest absolute Gasteiger partial charge is 0.410 e. The van der Waals surface area contributed by atoms with Crippen LogP contribution in [0.1, 0.15) is 46.5 Å². The Bertz CT molecular complexity index is 1200. The predicted octanol–water partition coefficient (Wildman–Crippen LogP) is 3.25. The van der Waals surface area contributed by atoms with Crippen LogP contribution in [0.2, 0.25) is 0 Å². The molecule has 3 heterocycles. The van der Waals surface area contributed by atoms with Crippen molar-refractivity contribution in [3.8, 4) is 0 Å². The minimum Gasteiger partial charge on any atom is -0.444 e. The number of carbonyl (C=O) groups excluding carboxylic acids is 1. The van der Waals surface area contributed by atoms with Crippen LogP contribution in [0.5, 0.6) is 0 Å². The lowest BCUT2D eigenvalue weighted by atomic mass is 9.79. The first-order chi connectivity index (χ1) is 15.9. The van der Waals surface area contributed by atoms with Crippen molar-refractivity contribution in [1.82, 2.24) is 14.2 Å². The molecule has 11 heteroatoms. The molecule has 1 aromatic heterocycles. The van der Waals surface area contributed by atoms with Crippen LogP contribution in [0.25, 0.3) is 10.2 Å². The van der Waals surface area contributed by atoms with Crippen molar-refractivity contribution in [2.45, 2.75) is 69.1 Å². The highest BCUT2D eigenvalue weighted by atomic mass is 32.2. The average molecular weight is 509 g/mol. The van der Waals surface area contributed by atoms with E-state index in [2.05, 4.69) is 10.3 Å². The third-order valence-corrected chi connectivity index (χ3v) is 9.68. The van der Waals surface area contributed by atoms with Crippen LogP contribution < -0.4 is 5.32 Å². The largest absolute Gasteiger partial charge is 0.444 e. The van der Waals surface area contributed by atoms with Crippen LogP contribution in [0.3, 0.4) is 0 Å². The van der Waals surface area contributed by atoms with Gasteiger partial charge in [-0.05, 0) is 64.7 Å². The quantitative estimate of drug-likeness (QED) is 0.652. The predicted molar refractivity (Wildman–Crippen MR) is 131 cm³/mol. The van der Waals surface area contributed by atoms with E-state index in [-0.39, 0.29) is 28.5 Å². The van der Waals surface area contributed by atoms with Crippen molar-refractivity contribution in [2.24, 2.45) is 5.41 Å². The van der Waals surface area contributed by atoms with E-state index in [4.69, 9.17) is 4.74 Å². The first kappa shape index (κ1) is 23.8. The zero-order valence-corrected chi connectivity index (χ0v) is 21.4. The van der Waals surface area contributed by atoms with Crippen molar-refractivity contribution < 1.29 is 23.1 Å². The Labute approximate surface area is 204 Å². The number of benzene rings is 1. The summed E-state index contributed by atoms with van der Waals surface area (Å²) in [4.78, 5) is 18.8. The number of thiazole rings is 1. The van der Waals surface area contributed by atoms with Gasteiger partial charge in [-0.15, -0.1) is 0 Å². The lowest BCUT2D eigenvalue weighted by Gasteiger charge is -2.47. The number of rotatable bonds is 4. The Morgan fingerprint density at radius 1 is 1.26 bits per heavy atom. The molecule has 0 bridgehead atoms. The lowest BCUT2D eigenvalue weighted by Crippen LogP contribution is -2.60. The number of amides is 1. The summed E-state index contributed by atoms with van der Waals surface area (Å²) in [5.41, 5.74) is -0.00614. The molecule has 1 aliphatic carbocycles. The van der Waals surface area contributed by atoms with Crippen LogP contribution in [0.4, 0.5) is 9.93 Å². The molecule has 1 saturated carbocycles. The minimum atomic E-state index is -3.65. The molecule has 1 amide bonds. The van der Waals surface area contributed by atoms with Crippen molar-refractivity contribution in [3.05, 3.63) is 18.2 Å². The van der Waals surface area contributed by atoms with Gasteiger partial charge in [0.05, 0.1) is 27.3 Å². The van der Waals surface area contributed by atoms with Gasteiger partial charge in [0.2, 0.25) is 10.0 Å². The molecule has 1 spiro atoms. The second kappa shape index (κ2) is 8.32. The Morgan fingerprint density at radius 2 is 2.03 bits per heavy atom. The van der Waals surface area contributed by atoms with E-state index in [1.54, 1.807) is 23.1 Å². The molecule has 2 atom stereocenters. The summed E-state index contributed by atoms with van der Waals surface area (Å²) in [6.45, 7) is 7.39. The van der Waals surface area contributed by atoms with Crippen molar-refractivity contribution in [2.75, 3.05) is 31.5 Å². The third-order valence-electron chi connectivity index (χ3n) is 6.89. The highest BCUT2D eigenvalue weighted by Gasteiger charge is 2.52. The number of aliphatic hydroxyl groups excluding tert-OH is 1. The molecule has 2 N–H and O–H groups in total. The normalized spacial score (nSPS) is 25.1. The van der Waals surface area contributed by atoms with Gasteiger partial charge in [-0.25, -0.2) is 18.2 Å². The second-order valence-corrected chi connectivity index (χ2v) is 13.8. The topological polar surface area (TPSA) is 112 Å². The van der Waals surface area contributed by atoms with Gasteiger partial charge in [0.25, 0.3) is 0 Å². The zero-order chi connectivity index (χ0) is 24.3. The number of anilines is 1. The van der Waals surface area contributed by atoms with Crippen LogP contribution >= 0.6 is 11.3 Å². The van der Waals surface area contributed by atoms with Gasteiger partial charge < -0.3 is 20.1 Å². The molecule has 0 radical (unpaired) electrons. The summed E-state index contributed by atoms with van der Waals surface area (Å²) in [5, 5.41) is 14.1. The second-order valence-electron chi connectivity index (χ2n) is 10.8. The zero-order valence-electron chi connectivity index (χ0n) is 19.8. The summed E-state index contributed by atoms with van der Waals surface area (Å²) in [7, 11) is -3.65. The number of aliphatic hydroxyl groups is 1. The Morgan fingerprint density at radius 3 is 2.71 bits per heavy atom. The monoisotopic (exact) mass is 508 g/mol. The number of ether oxygens (including phenoxy) is 1. The highest BCUT2D eigenvalue weighted by molar-refractivity contribution is 7.89. The molecule has 2 aliphatic heterocycles. The molecule has 2 saturated heterocycles. The first-order valence-electron chi connectivity index (χ1n) is 11.8. The fraction of sp³-hybridized carbons (Fsp3) is 0.652. The van der Waals surface area contributed by atoms with E-state index in [9.17, 15) is 18.3 Å². The van der Waals surface area contributed by atoms with E-state index in [0.717, 1.165) is 35.9 Å². The molecule has 3 aliphatic rings. The fourth-order valence-electron chi connectivity index (χ4n) is 5.12. The van der Waals surface area contributed by atoms with Gasteiger partial charge in [0.1, 0.15) is 5.60 Å². The molecule has 5 rings (SSSR count). The van der Waals surface area contributed by atoms with Gasteiger partial charge in [-0.1, -0.05) is 11.3 Å². The lowest BCUT2D eigenvalue weighted by molar-refractivity contribution is -0.0286. The molecular formula is C23H32N4O5S2. The summed E-state index contributed by atoms with van der Waals surface area (Å²) < 4.78 is 34.6. The number of likely N-dealkylation sites (tertiary alicyclic amines) is 1. The summed E-state index contributed by atoms with van der Waals surface area (Å²) >= 11 is 1.41. The molecule has 186 valence electrons. The van der Waals surface area contributed by atoms with Gasteiger partial charge in [-0.3, -0.25) is 0 Å². The van der Waals surface area contributed by atoms with Crippen LogP contribution in [-0.4, -0.2) is 77.7 Å². The fourth-order valence-corrected chi connectivity index (χ4v) is 7.74. The molecule has 0 unspecified atom stereocenters. The first-order valence-corrected chi connectivity index (χ1v) is 14.0. The summed E-state index contributed by atoms with van der Waals surface area (Å²) in [6.07, 6.45) is 2.69. The van der Waals surface area contributed by atoms with E-state index in [1.807, 2.05) is 20.8 Å². The number of sulfonamides is 1. The molecule has 3 fully saturated rings.